The molecule has 2 atom stereocenters. The normalized spacial score (nSPS) is 13.1. The minimum atomic E-state index is -1.50. The van der Waals surface area contributed by atoms with Gasteiger partial charge in [-0.15, -0.1) is 0 Å². The van der Waals surface area contributed by atoms with Crippen molar-refractivity contribution >= 4 is 49.4 Å². The lowest BCUT2D eigenvalue weighted by molar-refractivity contribution is -0.142. The topological polar surface area (TPSA) is 144 Å². The van der Waals surface area contributed by atoms with E-state index in [9.17, 15) is 19.2 Å². The molecule has 11 heteroatoms. The largest absolute Gasteiger partial charge is 0.481 e. The summed E-state index contributed by atoms with van der Waals surface area (Å²) in [5, 5.41) is 28.1. The van der Waals surface area contributed by atoms with Crippen LogP contribution in [-0.2, 0) is 14.4 Å². The Balaban J connectivity index is 4.75. The number of nitrogens with one attached hydrogen (secondary N) is 1. The summed E-state index contributed by atoms with van der Waals surface area (Å²) >= 11 is 7.40. The van der Waals surface area contributed by atoms with Crippen LogP contribution in [0.5, 0.6) is 0 Å². The van der Waals surface area contributed by atoms with Gasteiger partial charge in [0, 0.05) is 12.2 Å². The number of thiol groups is 2. The maximum Gasteiger partial charge on any atom is 0.328 e. The second-order valence-corrected chi connectivity index (χ2v) is 4.45. The molecule has 0 aliphatic carbocycles. The van der Waals surface area contributed by atoms with E-state index in [1.54, 1.807) is 0 Å². The summed E-state index contributed by atoms with van der Waals surface area (Å²) in [5.41, 5.74) is 0. The quantitative estimate of drug-likeness (QED) is 0.331. The molecule has 2 unspecified atom stereocenters. The van der Waals surface area contributed by atoms with Crippen LogP contribution in [-0.4, -0.2) is 61.4 Å². The zero-order chi connectivity index (χ0) is 15.9. The number of hydrogen-bond acceptors (Lipinski definition) is 6. The number of rotatable bonds is 8. The van der Waals surface area contributed by atoms with Crippen molar-refractivity contribution in [1.29, 1.82) is 0 Å². The van der Waals surface area contributed by atoms with E-state index in [0.717, 1.165) is 0 Å². The standard InChI is InChI=1S/C9H14N2O7S2/c12-6(13)2-1-5(8(16)17)11(20)9(18)10-4(3-19)7(14)15/h4-5,19-20H,1-3H2,(H,10,18)(H,12,13)(H,14,15)(H,16,17). The maximum atomic E-state index is 11.6. The van der Waals surface area contributed by atoms with E-state index >= 15 is 0 Å². The van der Waals surface area contributed by atoms with Crippen LogP contribution < -0.4 is 5.32 Å². The van der Waals surface area contributed by atoms with Crippen molar-refractivity contribution in [2.75, 3.05) is 5.75 Å². The molecule has 0 rings (SSSR count). The Bertz CT molecular complexity index is 404. The summed E-state index contributed by atoms with van der Waals surface area (Å²) in [6.45, 7) is 0. The summed E-state index contributed by atoms with van der Waals surface area (Å²) in [6, 6.07) is -3.87. The van der Waals surface area contributed by atoms with Gasteiger partial charge < -0.3 is 20.6 Å². The van der Waals surface area contributed by atoms with E-state index in [0.29, 0.717) is 4.31 Å². The van der Waals surface area contributed by atoms with Crippen molar-refractivity contribution < 1.29 is 34.5 Å². The van der Waals surface area contributed by atoms with Crippen LogP contribution in [0.25, 0.3) is 0 Å². The van der Waals surface area contributed by atoms with Crippen molar-refractivity contribution in [2.45, 2.75) is 24.9 Å². The third kappa shape index (κ3) is 6.02. The summed E-state index contributed by atoms with van der Waals surface area (Å²) in [7, 11) is 0. The third-order valence-corrected chi connectivity index (χ3v) is 3.02. The Morgan fingerprint density at radius 1 is 1.10 bits per heavy atom. The van der Waals surface area contributed by atoms with Crippen LogP contribution in [0.1, 0.15) is 12.8 Å². The van der Waals surface area contributed by atoms with Gasteiger partial charge in [-0.3, -0.25) is 9.10 Å². The molecule has 2 amide bonds. The molecule has 9 nitrogen and oxygen atoms in total. The van der Waals surface area contributed by atoms with Crippen LogP contribution in [0, 0.1) is 0 Å². The predicted molar refractivity (Wildman–Crippen MR) is 72.9 cm³/mol. The van der Waals surface area contributed by atoms with Crippen molar-refractivity contribution in [3.8, 4) is 0 Å². The molecule has 0 aliphatic heterocycles. The highest BCUT2D eigenvalue weighted by molar-refractivity contribution is 7.80. The summed E-state index contributed by atoms with van der Waals surface area (Å²) < 4.78 is 0.449. The van der Waals surface area contributed by atoms with Crippen LogP contribution in [0.3, 0.4) is 0 Å². The van der Waals surface area contributed by atoms with Crippen molar-refractivity contribution in [3.05, 3.63) is 0 Å². The van der Waals surface area contributed by atoms with Gasteiger partial charge in [-0.1, -0.05) is 12.8 Å². The van der Waals surface area contributed by atoms with Crippen LogP contribution in [0.4, 0.5) is 4.79 Å². The second-order valence-electron chi connectivity index (χ2n) is 3.65. The van der Waals surface area contributed by atoms with Crippen molar-refractivity contribution in [1.82, 2.24) is 9.62 Å². The lowest BCUT2D eigenvalue weighted by Gasteiger charge is -2.24. The molecule has 0 fully saturated rings. The fourth-order valence-corrected chi connectivity index (χ4v) is 1.67. The van der Waals surface area contributed by atoms with E-state index in [-0.39, 0.29) is 12.2 Å². The molecule has 0 aromatic rings. The fourth-order valence-electron chi connectivity index (χ4n) is 1.15. The van der Waals surface area contributed by atoms with Crippen LogP contribution in [0.15, 0.2) is 0 Å². The average molecular weight is 326 g/mol. The fraction of sp³-hybridized carbons (Fsp3) is 0.556. The van der Waals surface area contributed by atoms with Gasteiger partial charge in [0.2, 0.25) is 0 Å². The number of amides is 2. The highest BCUT2D eigenvalue weighted by Gasteiger charge is 2.30. The van der Waals surface area contributed by atoms with Gasteiger partial charge in [0.25, 0.3) is 0 Å². The zero-order valence-electron chi connectivity index (χ0n) is 10.1. The van der Waals surface area contributed by atoms with E-state index in [2.05, 4.69) is 25.4 Å². The number of urea groups is 1. The molecule has 0 heterocycles. The first-order valence-electron chi connectivity index (χ1n) is 5.27. The molecule has 0 spiro atoms. The van der Waals surface area contributed by atoms with E-state index in [1.165, 1.54) is 0 Å². The molecule has 0 aromatic carbocycles. The smallest absolute Gasteiger partial charge is 0.328 e. The molecule has 0 aromatic heterocycles. The first kappa shape index (κ1) is 18.4. The number of carboxylic acids is 3. The summed E-state index contributed by atoms with van der Waals surface area (Å²) in [6.07, 6.45) is -0.837. The molecular weight excluding hydrogens is 312 g/mol. The molecule has 0 saturated carbocycles. The van der Waals surface area contributed by atoms with Gasteiger partial charge in [-0.2, -0.15) is 12.6 Å². The van der Waals surface area contributed by atoms with Crippen molar-refractivity contribution in [3.63, 3.8) is 0 Å². The first-order valence-corrected chi connectivity index (χ1v) is 6.30. The van der Waals surface area contributed by atoms with Gasteiger partial charge in [0.1, 0.15) is 12.1 Å². The van der Waals surface area contributed by atoms with Crippen molar-refractivity contribution in [2.24, 2.45) is 0 Å². The molecule has 0 radical (unpaired) electrons. The SMILES string of the molecule is O=C(O)CCC(C(=O)O)N(S)C(=O)NC(CS)C(=O)O. The number of aliphatic carboxylic acids is 3. The molecule has 114 valence electrons. The molecule has 0 bridgehead atoms. The Morgan fingerprint density at radius 2 is 1.65 bits per heavy atom. The minimum absolute atomic E-state index is 0.199. The Kier molecular flexibility index (Phi) is 7.84. The molecule has 20 heavy (non-hydrogen) atoms. The highest BCUT2D eigenvalue weighted by atomic mass is 32.1. The second kappa shape index (κ2) is 8.53. The molecule has 4 N–H and O–H groups in total. The Morgan fingerprint density at radius 3 is 2.00 bits per heavy atom. The Labute approximate surface area is 124 Å². The van der Waals surface area contributed by atoms with Gasteiger partial charge in [-0.25, -0.2) is 14.4 Å². The number of carbonyl (C=O) groups is 4. The van der Waals surface area contributed by atoms with Crippen LogP contribution in [0.2, 0.25) is 0 Å². The lowest BCUT2D eigenvalue weighted by atomic mass is 10.1. The number of carbonyl (C=O) groups excluding carboxylic acids is 1. The van der Waals surface area contributed by atoms with Gasteiger partial charge in [0.05, 0.1) is 0 Å². The number of hydrogen-bond donors (Lipinski definition) is 6. The van der Waals surface area contributed by atoms with Gasteiger partial charge >= 0.3 is 23.9 Å². The Hall–Kier alpha value is -1.62. The summed E-state index contributed by atoms with van der Waals surface area (Å²) in [5.74, 6) is -4.21. The minimum Gasteiger partial charge on any atom is -0.481 e. The number of carboxylic acid groups (broad SMARTS) is 3. The van der Waals surface area contributed by atoms with E-state index in [4.69, 9.17) is 15.3 Å². The first-order chi connectivity index (χ1) is 9.20. The third-order valence-electron chi connectivity index (χ3n) is 2.20. The maximum absolute atomic E-state index is 11.6. The van der Waals surface area contributed by atoms with Crippen LogP contribution >= 0.6 is 25.4 Å². The van der Waals surface area contributed by atoms with E-state index in [1.807, 2.05) is 5.32 Å². The highest BCUT2D eigenvalue weighted by Crippen LogP contribution is 2.11. The zero-order valence-corrected chi connectivity index (χ0v) is 11.9. The molecule has 0 saturated heterocycles. The predicted octanol–water partition coefficient (Wildman–Crippen LogP) is -0.456. The van der Waals surface area contributed by atoms with E-state index < -0.39 is 42.4 Å². The lowest BCUT2D eigenvalue weighted by Crippen LogP contribution is -2.50. The average Bonchev–Trinajstić information content (AvgIpc) is 2.34. The molecular formula is C9H14N2O7S2. The monoisotopic (exact) mass is 326 g/mol. The van der Waals surface area contributed by atoms with Gasteiger partial charge in [0.15, 0.2) is 0 Å². The number of nitrogens with zero attached hydrogens (tertiary/aromatic N) is 1. The summed E-state index contributed by atoms with van der Waals surface area (Å²) in [4.78, 5) is 43.7. The molecule has 0 aliphatic rings. The van der Waals surface area contributed by atoms with Gasteiger partial charge in [-0.05, 0) is 6.42 Å².